The smallest absolute Gasteiger partial charge is 0.247 e. The maximum Gasteiger partial charge on any atom is 0.247 e. The Morgan fingerprint density at radius 1 is 1.23 bits per heavy atom. The summed E-state index contributed by atoms with van der Waals surface area (Å²) in [5.41, 5.74) is 2.10. The Labute approximate surface area is 155 Å². The second kappa shape index (κ2) is 7.55. The highest BCUT2D eigenvalue weighted by molar-refractivity contribution is 7.99. The van der Waals surface area contributed by atoms with E-state index in [4.69, 9.17) is 9.15 Å². The first-order valence-electron chi connectivity index (χ1n) is 8.64. The number of aromatic nitrogens is 6. The number of benzene rings is 1. The normalized spacial score (nSPS) is 18.3. The fourth-order valence-corrected chi connectivity index (χ4v) is 3.63. The van der Waals surface area contributed by atoms with Gasteiger partial charge in [-0.2, -0.15) is 0 Å². The van der Waals surface area contributed by atoms with Crippen LogP contribution in [0.2, 0.25) is 0 Å². The molecule has 1 aromatic carbocycles. The van der Waals surface area contributed by atoms with Gasteiger partial charge in [-0.15, -0.1) is 15.3 Å². The number of tetrazole rings is 1. The quantitative estimate of drug-likeness (QED) is 0.610. The van der Waals surface area contributed by atoms with Crippen LogP contribution in [0.4, 0.5) is 0 Å². The largest absolute Gasteiger partial charge is 0.419 e. The maximum absolute atomic E-state index is 5.85. The summed E-state index contributed by atoms with van der Waals surface area (Å²) in [7, 11) is 0. The van der Waals surface area contributed by atoms with Gasteiger partial charge in [0.2, 0.25) is 16.9 Å². The fraction of sp³-hybridized carbons (Fsp3) is 0.471. The molecule has 3 heterocycles. The van der Waals surface area contributed by atoms with Crippen LogP contribution in [0, 0.1) is 6.92 Å². The molecule has 3 aromatic rings. The second-order valence-corrected chi connectivity index (χ2v) is 7.66. The van der Waals surface area contributed by atoms with Crippen LogP contribution in [-0.2, 0) is 11.3 Å². The highest BCUT2D eigenvalue weighted by Crippen LogP contribution is 2.34. The lowest BCUT2D eigenvalue weighted by molar-refractivity contribution is 0.0911. The Morgan fingerprint density at radius 2 is 2.08 bits per heavy atom. The summed E-state index contributed by atoms with van der Waals surface area (Å²) in [6.45, 7) is 5.53. The number of ether oxygens (including phenoxy) is 1. The summed E-state index contributed by atoms with van der Waals surface area (Å²) in [6, 6.07) is 8.01. The number of hydrogen-bond acceptors (Lipinski definition) is 8. The van der Waals surface area contributed by atoms with Crippen LogP contribution in [0.25, 0.3) is 11.5 Å². The van der Waals surface area contributed by atoms with Crippen molar-refractivity contribution < 1.29 is 9.15 Å². The first-order valence-corrected chi connectivity index (χ1v) is 9.52. The topological polar surface area (TPSA) is 91.8 Å². The molecule has 0 amide bonds. The molecule has 0 aliphatic carbocycles. The maximum atomic E-state index is 5.85. The second-order valence-electron chi connectivity index (χ2n) is 6.35. The number of aryl methyl sites for hydroxylation is 1. The van der Waals surface area contributed by atoms with E-state index in [1.54, 1.807) is 4.68 Å². The van der Waals surface area contributed by atoms with E-state index in [2.05, 4.69) is 25.7 Å². The molecule has 0 spiro atoms. The molecule has 0 bridgehead atoms. The fourth-order valence-electron chi connectivity index (χ4n) is 2.80. The summed E-state index contributed by atoms with van der Waals surface area (Å²) >= 11 is 1.50. The van der Waals surface area contributed by atoms with E-state index in [1.807, 2.05) is 38.1 Å². The lowest BCUT2D eigenvalue weighted by Crippen LogP contribution is -2.17. The van der Waals surface area contributed by atoms with Crippen molar-refractivity contribution in [3.05, 3.63) is 35.7 Å². The number of rotatable bonds is 6. The number of nitrogens with zero attached hydrogens (tertiary/aromatic N) is 6. The van der Waals surface area contributed by atoms with Crippen molar-refractivity contribution in [2.24, 2.45) is 0 Å². The molecule has 26 heavy (non-hydrogen) atoms. The lowest BCUT2D eigenvalue weighted by atomic mass is 10.1. The molecule has 0 N–H and O–H groups in total. The van der Waals surface area contributed by atoms with Gasteiger partial charge < -0.3 is 9.15 Å². The highest BCUT2D eigenvalue weighted by Gasteiger charge is 2.22. The van der Waals surface area contributed by atoms with Gasteiger partial charge in [0.15, 0.2) is 0 Å². The van der Waals surface area contributed by atoms with Crippen LogP contribution in [0.5, 0.6) is 0 Å². The third-order valence-electron chi connectivity index (χ3n) is 4.27. The number of thioether (sulfide) groups is 1. The average Bonchev–Trinajstić information content (AvgIpc) is 3.38. The first-order chi connectivity index (χ1) is 12.7. The third-order valence-corrected chi connectivity index (χ3v) is 5.33. The van der Waals surface area contributed by atoms with Gasteiger partial charge in [-0.25, -0.2) is 4.68 Å². The van der Waals surface area contributed by atoms with Crippen molar-refractivity contribution in [1.29, 1.82) is 0 Å². The molecule has 0 saturated carbocycles. The predicted molar refractivity (Wildman–Crippen MR) is 95.5 cm³/mol. The number of hydrogen-bond donors (Lipinski definition) is 0. The molecule has 0 radical (unpaired) electrons. The SMILES string of the molecule is Cc1ccc(-c2nnc(C(C)Sc3nnnn3CC3CCCO3)o2)cc1. The minimum atomic E-state index is -0.0593. The van der Waals surface area contributed by atoms with Gasteiger partial charge in [-0.1, -0.05) is 29.5 Å². The van der Waals surface area contributed by atoms with Crippen LogP contribution in [0.1, 0.15) is 36.5 Å². The minimum Gasteiger partial charge on any atom is -0.419 e. The molecule has 2 unspecified atom stereocenters. The summed E-state index contributed by atoms with van der Waals surface area (Å²) in [5, 5.41) is 21.0. The molecule has 9 heteroatoms. The van der Waals surface area contributed by atoms with Crippen molar-refractivity contribution >= 4 is 11.8 Å². The van der Waals surface area contributed by atoms with Crippen molar-refractivity contribution in [3.8, 4) is 11.5 Å². The van der Waals surface area contributed by atoms with E-state index in [9.17, 15) is 0 Å². The standard InChI is InChI=1S/C17H20N6O2S/c1-11-5-7-13(8-6-11)16-19-18-15(25-16)12(2)26-17-20-21-22-23(17)10-14-4-3-9-24-14/h5-8,12,14H,3-4,9-10H2,1-2H3. The van der Waals surface area contributed by atoms with Crippen LogP contribution < -0.4 is 0 Å². The third kappa shape index (κ3) is 3.78. The van der Waals surface area contributed by atoms with E-state index in [-0.39, 0.29) is 11.4 Å². The monoisotopic (exact) mass is 372 g/mol. The van der Waals surface area contributed by atoms with Crippen LogP contribution in [0.3, 0.4) is 0 Å². The molecule has 1 fully saturated rings. The zero-order chi connectivity index (χ0) is 17.9. The summed E-state index contributed by atoms with van der Waals surface area (Å²) in [4.78, 5) is 0. The highest BCUT2D eigenvalue weighted by atomic mass is 32.2. The Balaban J connectivity index is 1.45. The minimum absolute atomic E-state index is 0.0593. The Kier molecular flexibility index (Phi) is 4.98. The molecular weight excluding hydrogens is 352 g/mol. The van der Waals surface area contributed by atoms with Crippen molar-refractivity contribution in [3.63, 3.8) is 0 Å². The van der Waals surface area contributed by atoms with Crippen LogP contribution in [0.15, 0.2) is 33.8 Å². The molecule has 1 saturated heterocycles. The molecule has 1 aliphatic rings. The summed E-state index contributed by atoms with van der Waals surface area (Å²) in [5.74, 6) is 1.07. The van der Waals surface area contributed by atoms with E-state index in [0.29, 0.717) is 18.3 Å². The molecule has 2 aromatic heterocycles. The van der Waals surface area contributed by atoms with E-state index in [0.717, 1.165) is 30.2 Å². The first kappa shape index (κ1) is 17.2. The van der Waals surface area contributed by atoms with Gasteiger partial charge >= 0.3 is 0 Å². The van der Waals surface area contributed by atoms with Gasteiger partial charge in [-0.3, -0.25) is 0 Å². The predicted octanol–water partition coefficient (Wildman–Crippen LogP) is 3.06. The Bertz CT molecular complexity index is 856. The molecule has 136 valence electrons. The van der Waals surface area contributed by atoms with E-state index < -0.39 is 0 Å². The molecule has 1 aliphatic heterocycles. The van der Waals surface area contributed by atoms with Crippen LogP contribution >= 0.6 is 11.8 Å². The van der Waals surface area contributed by atoms with Gasteiger partial charge in [0, 0.05) is 12.2 Å². The lowest BCUT2D eigenvalue weighted by Gasteiger charge is -2.11. The van der Waals surface area contributed by atoms with E-state index in [1.165, 1.54) is 17.3 Å². The van der Waals surface area contributed by atoms with E-state index >= 15 is 0 Å². The molecule has 8 nitrogen and oxygen atoms in total. The van der Waals surface area contributed by atoms with Crippen LogP contribution in [-0.4, -0.2) is 43.1 Å². The van der Waals surface area contributed by atoms with Gasteiger partial charge in [0.25, 0.3) is 0 Å². The van der Waals surface area contributed by atoms with Crippen molar-refractivity contribution in [2.75, 3.05) is 6.61 Å². The molecule has 4 rings (SSSR count). The molecule has 2 atom stereocenters. The van der Waals surface area contributed by atoms with Crippen molar-refractivity contribution in [1.82, 2.24) is 30.4 Å². The van der Waals surface area contributed by atoms with Gasteiger partial charge in [-0.05, 0) is 49.2 Å². The molecular formula is C17H20N6O2S. The average molecular weight is 372 g/mol. The van der Waals surface area contributed by atoms with Gasteiger partial charge in [0.1, 0.15) is 0 Å². The zero-order valence-corrected chi connectivity index (χ0v) is 15.5. The van der Waals surface area contributed by atoms with Gasteiger partial charge in [0.05, 0.1) is 17.9 Å². The Morgan fingerprint density at radius 3 is 2.85 bits per heavy atom. The Hall–Kier alpha value is -2.26. The summed E-state index contributed by atoms with van der Waals surface area (Å²) in [6.07, 6.45) is 2.32. The summed E-state index contributed by atoms with van der Waals surface area (Å²) < 4.78 is 13.3. The van der Waals surface area contributed by atoms with Crippen molar-refractivity contribution in [2.45, 2.75) is 49.7 Å². The zero-order valence-electron chi connectivity index (χ0n) is 14.7.